The molecule has 3 heterocycles. The minimum Gasteiger partial charge on any atom is -0.357 e. The molecule has 0 aliphatic rings. The maximum atomic E-state index is 4.69. The zero-order valence-electron chi connectivity index (χ0n) is 14.5. The first-order valence-corrected chi connectivity index (χ1v) is 9.65. The van der Waals surface area contributed by atoms with Gasteiger partial charge in [0.05, 0.1) is 23.7 Å². The van der Waals surface area contributed by atoms with Crippen molar-refractivity contribution >= 4 is 27.8 Å². The number of thiophene rings is 1. The Balaban J connectivity index is 1.68. The van der Waals surface area contributed by atoms with Crippen LogP contribution in [0.5, 0.6) is 0 Å². The van der Waals surface area contributed by atoms with Gasteiger partial charge in [-0.2, -0.15) is 5.10 Å². The number of hydrogen-bond acceptors (Lipinski definition) is 6. The summed E-state index contributed by atoms with van der Waals surface area (Å²) < 4.78 is 2.00. The quantitative estimate of drug-likeness (QED) is 0.694. The lowest BCUT2D eigenvalue weighted by molar-refractivity contribution is 0.373. The second-order valence-corrected chi connectivity index (χ2v) is 8.08. The number of nitrogens with one attached hydrogen (secondary N) is 1. The van der Waals surface area contributed by atoms with Crippen LogP contribution >= 0.6 is 22.7 Å². The van der Waals surface area contributed by atoms with Gasteiger partial charge in [0.2, 0.25) is 0 Å². The Hall–Kier alpha value is -1.70. The molecule has 0 aliphatic carbocycles. The minimum absolute atomic E-state index is 0.827. The van der Waals surface area contributed by atoms with Crippen molar-refractivity contribution < 1.29 is 0 Å². The van der Waals surface area contributed by atoms with E-state index in [1.807, 2.05) is 17.8 Å². The first kappa shape index (κ1) is 17.1. The van der Waals surface area contributed by atoms with Crippen molar-refractivity contribution in [3.8, 4) is 10.6 Å². The molecule has 0 bridgehead atoms. The van der Waals surface area contributed by atoms with Crippen molar-refractivity contribution in [2.75, 3.05) is 26.0 Å². The van der Waals surface area contributed by atoms with E-state index in [0.29, 0.717) is 0 Å². The summed E-state index contributed by atoms with van der Waals surface area (Å²) in [5, 5.41) is 11.2. The Morgan fingerprint density at radius 2 is 2.08 bits per heavy atom. The fourth-order valence-electron chi connectivity index (χ4n) is 2.36. The van der Waals surface area contributed by atoms with Crippen LogP contribution in [0, 0.1) is 13.8 Å². The smallest absolute Gasteiger partial charge is 0.183 e. The normalized spacial score (nSPS) is 11.4. The summed E-state index contributed by atoms with van der Waals surface area (Å²) in [5.74, 6) is 0. The second kappa shape index (κ2) is 7.46. The summed E-state index contributed by atoms with van der Waals surface area (Å²) in [5.41, 5.74) is 3.37. The Labute approximate surface area is 151 Å². The molecule has 0 saturated carbocycles. The van der Waals surface area contributed by atoms with Crippen LogP contribution in [0.1, 0.15) is 16.1 Å². The molecule has 7 heteroatoms. The van der Waals surface area contributed by atoms with Crippen molar-refractivity contribution in [3.05, 3.63) is 39.8 Å². The van der Waals surface area contributed by atoms with Gasteiger partial charge >= 0.3 is 0 Å². The first-order chi connectivity index (χ1) is 11.5. The molecule has 24 heavy (non-hydrogen) atoms. The Morgan fingerprint density at radius 3 is 2.79 bits per heavy atom. The largest absolute Gasteiger partial charge is 0.357 e. The first-order valence-electron chi connectivity index (χ1n) is 7.96. The molecule has 0 amide bonds. The summed E-state index contributed by atoms with van der Waals surface area (Å²) >= 11 is 3.46. The molecule has 0 aromatic carbocycles. The third-order valence-corrected chi connectivity index (χ3v) is 5.98. The number of thiazole rings is 1. The molecule has 0 atom stereocenters. The van der Waals surface area contributed by atoms with Crippen molar-refractivity contribution in [1.82, 2.24) is 19.7 Å². The minimum atomic E-state index is 0.827. The van der Waals surface area contributed by atoms with Crippen LogP contribution in [0.25, 0.3) is 10.6 Å². The summed E-state index contributed by atoms with van der Waals surface area (Å²) in [6, 6.07) is 4.23. The van der Waals surface area contributed by atoms with Gasteiger partial charge in [-0.15, -0.1) is 11.3 Å². The zero-order valence-corrected chi connectivity index (χ0v) is 16.2. The van der Waals surface area contributed by atoms with Gasteiger partial charge in [-0.05, 0) is 51.0 Å². The van der Waals surface area contributed by atoms with Crippen molar-refractivity contribution in [3.63, 3.8) is 0 Å². The Kier molecular flexibility index (Phi) is 5.33. The topological polar surface area (TPSA) is 46.0 Å². The van der Waals surface area contributed by atoms with E-state index in [1.165, 1.54) is 10.4 Å². The summed E-state index contributed by atoms with van der Waals surface area (Å²) in [6.45, 7) is 6.90. The molecule has 0 saturated heterocycles. The lowest BCUT2D eigenvalue weighted by Crippen LogP contribution is -2.18. The SMILES string of the molecule is Cc1ccsc1CNc1nc(C)c(-c2ccn(CCN(C)C)n2)s1. The number of aromatic nitrogens is 3. The lowest BCUT2D eigenvalue weighted by atomic mass is 10.3. The van der Waals surface area contributed by atoms with Gasteiger partial charge in [0.1, 0.15) is 5.69 Å². The van der Waals surface area contributed by atoms with E-state index < -0.39 is 0 Å². The zero-order chi connectivity index (χ0) is 17.1. The van der Waals surface area contributed by atoms with Gasteiger partial charge < -0.3 is 10.2 Å². The van der Waals surface area contributed by atoms with Crippen molar-refractivity contribution in [2.45, 2.75) is 26.9 Å². The highest BCUT2D eigenvalue weighted by atomic mass is 32.1. The van der Waals surface area contributed by atoms with Crippen LogP contribution in [0.4, 0.5) is 5.13 Å². The highest BCUT2D eigenvalue weighted by Crippen LogP contribution is 2.32. The number of aryl methyl sites for hydroxylation is 2. The third kappa shape index (κ3) is 4.03. The van der Waals surface area contributed by atoms with Crippen LogP contribution in [-0.4, -0.2) is 40.3 Å². The molecule has 3 aromatic rings. The highest BCUT2D eigenvalue weighted by Gasteiger charge is 2.13. The Bertz CT molecular complexity index is 800. The van der Waals surface area contributed by atoms with E-state index in [-0.39, 0.29) is 0 Å². The van der Waals surface area contributed by atoms with Crippen molar-refractivity contribution in [2.24, 2.45) is 0 Å². The maximum Gasteiger partial charge on any atom is 0.183 e. The van der Waals surface area contributed by atoms with Crippen LogP contribution in [-0.2, 0) is 13.1 Å². The fourth-order valence-corrected chi connectivity index (χ4v) is 4.13. The number of anilines is 1. The standard InChI is InChI=1S/C17H23N5S2/c1-12-6-10-23-15(12)11-18-17-19-13(2)16(24-17)14-5-7-22(20-14)9-8-21(3)4/h5-7,10H,8-9,11H2,1-4H3,(H,18,19). The molecule has 5 nitrogen and oxygen atoms in total. The number of hydrogen-bond donors (Lipinski definition) is 1. The second-order valence-electron chi connectivity index (χ2n) is 6.08. The summed E-state index contributed by atoms with van der Waals surface area (Å²) in [7, 11) is 4.15. The molecule has 3 rings (SSSR count). The van der Waals surface area contributed by atoms with Gasteiger partial charge in [-0.3, -0.25) is 4.68 Å². The monoisotopic (exact) mass is 361 g/mol. The van der Waals surface area contributed by atoms with Gasteiger partial charge in [0.15, 0.2) is 5.13 Å². The number of nitrogens with zero attached hydrogens (tertiary/aromatic N) is 4. The van der Waals surface area contributed by atoms with Gasteiger partial charge in [0.25, 0.3) is 0 Å². The molecule has 0 radical (unpaired) electrons. The molecular weight excluding hydrogens is 338 g/mol. The van der Waals surface area contributed by atoms with E-state index in [1.54, 1.807) is 22.7 Å². The average molecular weight is 362 g/mol. The summed E-state index contributed by atoms with van der Waals surface area (Å²) in [6.07, 6.45) is 2.04. The fraction of sp³-hybridized carbons (Fsp3) is 0.412. The Morgan fingerprint density at radius 1 is 1.25 bits per heavy atom. The summed E-state index contributed by atoms with van der Waals surface area (Å²) in [4.78, 5) is 9.32. The van der Waals surface area contributed by atoms with Crippen LogP contribution in [0.15, 0.2) is 23.7 Å². The van der Waals surface area contributed by atoms with Gasteiger partial charge in [-0.25, -0.2) is 4.98 Å². The van der Waals surface area contributed by atoms with E-state index >= 15 is 0 Å². The van der Waals surface area contributed by atoms with Crippen molar-refractivity contribution in [1.29, 1.82) is 0 Å². The maximum absolute atomic E-state index is 4.69. The predicted octanol–water partition coefficient (Wildman–Crippen LogP) is 3.86. The van der Waals surface area contributed by atoms with E-state index in [9.17, 15) is 0 Å². The molecular formula is C17H23N5S2. The predicted molar refractivity (Wildman–Crippen MR) is 103 cm³/mol. The molecule has 0 fully saturated rings. The third-order valence-electron chi connectivity index (χ3n) is 3.81. The van der Waals surface area contributed by atoms with E-state index in [0.717, 1.165) is 41.0 Å². The molecule has 0 spiro atoms. The molecule has 0 aliphatic heterocycles. The molecule has 128 valence electrons. The molecule has 3 aromatic heterocycles. The average Bonchev–Trinajstić information content (AvgIpc) is 3.23. The van der Waals surface area contributed by atoms with E-state index in [2.05, 4.69) is 58.8 Å². The molecule has 0 unspecified atom stereocenters. The number of likely N-dealkylation sites (N-methyl/N-ethyl adjacent to an activating group) is 1. The molecule has 1 N–H and O–H groups in total. The van der Waals surface area contributed by atoms with Crippen LogP contribution in [0.2, 0.25) is 0 Å². The van der Waals surface area contributed by atoms with Crippen LogP contribution in [0.3, 0.4) is 0 Å². The van der Waals surface area contributed by atoms with Crippen LogP contribution < -0.4 is 5.32 Å². The lowest BCUT2D eigenvalue weighted by Gasteiger charge is -2.08. The van der Waals surface area contributed by atoms with Gasteiger partial charge in [0, 0.05) is 17.6 Å². The van der Waals surface area contributed by atoms with Gasteiger partial charge in [-0.1, -0.05) is 11.3 Å². The highest BCUT2D eigenvalue weighted by molar-refractivity contribution is 7.19. The van der Waals surface area contributed by atoms with E-state index in [4.69, 9.17) is 0 Å². The number of rotatable bonds is 7.